The van der Waals surface area contributed by atoms with Crippen LogP contribution < -0.4 is 10.6 Å². The van der Waals surface area contributed by atoms with E-state index in [4.69, 9.17) is 0 Å². The summed E-state index contributed by atoms with van der Waals surface area (Å²) in [5, 5.41) is 5.67. The van der Waals surface area contributed by atoms with Crippen molar-refractivity contribution >= 4 is 18.2 Å². The number of ether oxygens (including phenoxy) is 1. The predicted molar refractivity (Wildman–Crippen MR) is 67.0 cm³/mol. The molecule has 0 radical (unpaired) electrons. The van der Waals surface area contributed by atoms with E-state index in [1.54, 1.807) is 0 Å². The number of hydrogen-bond donors (Lipinski definition) is 2. The van der Waals surface area contributed by atoms with Crippen LogP contribution in [-0.4, -0.2) is 44.4 Å². The number of nitrogens with one attached hydrogen (secondary N) is 2. The van der Waals surface area contributed by atoms with Gasteiger partial charge in [-0.05, 0) is 39.8 Å². The summed E-state index contributed by atoms with van der Waals surface area (Å²) in [5.74, 6) is -0.324. The van der Waals surface area contributed by atoms with Gasteiger partial charge in [-0.2, -0.15) is 0 Å². The average Bonchev–Trinajstić information content (AvgIpc) is 2.33. The van der Waals surface area contributed by atoms with Gasteiger partial charge in [0, 0.05) is 0 Å². The molecule has 0 aromatic heterocycles. The van der Waals surface area contributed by atoms with Gasteiger partial charge in [0.25, 0.3) is 6.47 Å². The second-order valence-corrected chi connectivity index (χ2v) is 4.05. The molecule has 0 rings (SSSR count). The summed E-state index contributed by atoms with van der Waals surface area (Å²) in [6.45, 7) is 2.70. The van der Waals surface area contributed by atoms with Crippen LogP contribution in [0.25, 0.3) is 0 Å². The van der Waals surface area contributed by atoms with E-state index < -0.39 is 6.04 Å². The zero-order valence-corrected chi connectivity index (χ0v) is 11.0. The highest BCUT2D eigenvalue weighted by atomic mass is 16.5. The topological polar surface area (TPSA) is 84.5 Å². The number of amides is 1. The van der Waals surface area contributed by atoms with E-state index in [2.05, 4.69) is 15.4 Å². The van der Waals surface area contributed by atoms with E-state index in [1.807, 2.05) is 7.05 Å². The van der Waals surface area contributed by atoms with Gasteiger partial charge in [0.1, 0.15) is 0 Å². The Labute approximate surface area is 107 Å². The van der Waals surface area contributed by atoms with Gasteiger partial charge < -0.3 is 15.4 Å². The van der Waals surface area contributed by atoms with E-state index in [-0.39, 0.29) is 24.7 Å². The summed E-state index contributed by atoms with van der Waals surface area (Å²) in [6, 6.07) is -0.439. The standard InChI is InChI=1S/C12H22N2O4/c1-10(16)11(5-3-4-7-13-2)14-12(17)6-8-18-9-15/h9,11,13H,3-8H2,1-2H3,(H,14,17). The molecule has 18 heavy (non-hydrogen) atoms. The normalized spacial score (nSPS) is 11.7. The van der Waals surface area contributed by atoms with Crippen LogP contribution in [0.3, 0.4) is 0 Å². The first-order chi connectivity index (χ1) is 8.61. The Hall–Kier alpha value is -1.43. The molecule has 0 saturated carbocycles. The van der Waals surface area contributed by atoms with Crippen molar-refractivity contribution in [3.8, 4) is 0 Å². The highest BCUT2D eigenvalue weighted by Gasteiger charge is 2.16. The summed E-state index contributed by atoms with van der Waals surface area (Å²) in [7, 11) is 1.87. The van der Waals surface area contributed by atoms with Crippen LogP contribution in [0.2, 0.25) is 0 Å². The van der Waals surface area contributed by atoms with Gasteiger partial charge in [0.2, 0.25) is 5.91 Å². The van der Waals surface area contributed by atoms with Gasteiger partial charge in [-0.3, -0.25) is 14.4 Å². The van der Waals surface area contributed by atoms with Crippen molar-refractivity contribution < 1.29 is 19.1 Å². The Balaban J connectivity index is 3.91. The van der Waals surface area contributed by atoms with Gasteiger partial charge in [-0.15, -0.1) is 0 Å². The first-order valence-corrected chi connectivity index (χ1v) is 6.11. The lowest BCUT2D eigenvalue weighted by Gasteiger charge is -2.15. The molecular weight excluding hydrogens is 236 g/mol. The summed E-state index contributed by atoms with van der Waals surface area (Å²) >= 11 is 0. The molecule has 2 N–H and O–H groups in total. The molecule has 0 saturated heterocycles. The summed E-state index contributed by atoms with van der Waals surface area (Å²) in [6.07, 6.45) is 2.55. The van der Waals surface area contributed by atoms with Crippen molar-refractivity contribution in [1.29, 1.82) is 0 Å². The maximum atomic E-state index is 11.4. The Kier molecular flexibility index (Phi) is 9.86. The first kappa shape index (κ1) is 16.6. The van der Waals surface area contributed by atoms with Gasteiger partial charge in [-0.25, -0.2) is 0 Å². The maximum absolute atomic E-state index is 11.4. The molecule has 0 spiro atoms. The Morgan fingerprint density at radius 1 is 1.33 bits per heavy atom. The minimum atomic E-state index is -0.439. The van der Waals surface area contributed by atoms with Crippen molar-refractivity contribution in [3.05, 3.63) is 0 Å². The van der Waals surface area contributed by atoms with Crippen LogP contribution in [-0.2, 0) is 19.1 Å². The first-order valence-electron chi connectivity index (χ1n) is 6.11. The Bertz CT molecular complexity index is 269. The van der Waals surface area contributed by atoms with Crippen molar-refractivity contribution in [1.82, 2.24) is 10.6 Å². The molecule has 0 aliphatic rings. The molecule has 0 fully saturated rings. The molecule has 6 heteroatoms. The van der Waals surface area contributed by atoms with E-state index in [9.17, 15) is 14.4 Å². The van der Waals surface area contributed by atoms with Crippen molar-refractivity contribution in [3.63, 3.8) is 0 Å². The lowest BCUT2D eigenvalue weighted by atomic mass is 10.1. The number of carbonyl (C=O) groups excluding carboxylic acids is 3. The van der Waals surface area contributed by atoms with Gasteiger partial charge in [-0.1, -0.05) is 0 Å². The summed E-state index contributed by atoms with van der Waals surface area (Å²) < 4.78 is 4.42. The number of carbonyl (C=O) groups is 3. The second kappa shape index (κ2) is 10.7. The van der Waals surface area contributed by atoms with Gasteiger partial charge in [0.05, 0.1) is 19.1 Å². The molecule has 0 aliphatic heterocycles. The molecule has 1 unspecified atom stereocenters. The minimum Gasteiger partial charge on any atom is -0.467 e. The Morgan fingerprint density at radius 2 is 2.06 bits per heavy atom. The third kappa shape index (κ3) is 8.69. The SMILES string of the molecule is CNCCCCC(NC(=O)CCOC=O)C(C)=O. The fourth-order valence-corrected chi connectivity index (χ4v) is 1.49. The molecular formula is C12H22N2O4. The van der Waals surface area contributed by atoms with Crippen molar-refractivity contribution in [2.45, 2.75) is 38.6 Å². The summed E-state index contributed by atoms with van der Waals surface area (Å²) in [5.41, 5.74) is 0. The third-order valence-electron chi connectivity index (χ3n) is 2.51. The van der Waals surface area contributed by atoms with Gasteiger partial charge in [0.15, 0.2) is 5.78 Å². The largest absolute Gasteiger partial charge is 0.467 e. The van der Waals surface area contributed by atoms with Crippen LogP contribution in [0, 0.1) is 0 Å². The van der Waals surface area contributed by atoms with Crippen LogP contribution in [0.1, 0.15) is 32.6 Å². The third-order valence-corrected chi connectivity index (χ3v) is 2.51. The monoisotopic (exact) mass is 258 g/mol. The predicted octanol–water partition coefficient (Wildman–Crippen LogP) is 0.0130. The van der Waals surface area contributed by atoms with Crippen LogP contribution in [0.5, 0.6) is 0 Å². The molecule has 0 aromatic rings. The average molecular weight is 258 g/mol. The number of unbranched alkanes of at least 4 members (excludes halogenated alkanes) is 1. The van der Waals surface area contributed by atoms with Crippen molar-refractivity contribution in [2.24, 2.45) is 0 Å². The molecule has 1 amide bonds. The summed E-state index contributed by atoms with van der Waals surface area (Å²) in [4.78, 5) is 32.7. The molecule has 0 aromatic carbocycles. The molecule has 0 heterocycles. The molecule has 104 valence electrons. The van der Waals surface area contributed by atoms with Crippen molar-refractivity contribution in [2.75, 3.05) is 20.2 Å². The lowest BCUT2D eigenvalue weighted by molar-refractivity contribution is -0.132. The smallest absolute Gasteiger partial charge is 0.293 e. The molecule has 6 nitrogen and oxygen atoms in total. The fourth-order valence-electron chi connectivity index (χ4n) is 1.49. The molecule has 0 aliphatic carbocycles. The quantitative estimate of drug-likeness (QED) is 0.403. The number of rotatable bonds is 11. The fraction of sp³-hybridized carbons (Fsp3) is 0.750. The number of ketones is 1. The number of hydrogen-bond acceptors (Lipinski definition) is 5. The lowest BCUT2D eigenvalue weighted by Crippen LogP contribution is -2.40. The van der Waals surface area contributed by atoms with Crippen LogP contribution >= 0.6 is 0 Å². The van der Waals surface area contributed by atoms with Crippen LogP contribution in [0.15, 0.2) is 0 Å². The zero-order chi connectivity index (χ0) is 13.8. The molecule has 1 atom stereocenters. The van der Waals surface area contributed by atoms with E-state index in [0.717, 1.165) is 19.4 Å². The highest BCUT2D eigenvalue weighted by Crippen LogP contribution is 2.02. The Morgan fingerprint density at radius 3 is 2.61 bits per heavy atom. The maximum Gasteiger partial charge on any atom is 0.293 e. The van der Waals surface area contributed by atoms with Crippen LogP contribution in [0.4, 0.5) is 0 Å². The zero-order valence-electron chi connectivity index (χ0n) is 11.0. The number of Topliss-reactive ketones (excluding diaryl/α,β-unsaturated/α-hetero) is 1. The highest BCUT2D eigenvalue weighted by molar-refractivity contribution is 5.87. The second-order valence-electron chi connectivity index (χ2n) is 4.05. The molecule has 0 bridgehead atoms. The van der Waals surface area contributed by atoms with E-state index in [0.29, 0.717) is 12.9 Å². The van der Waals surface area contributed by atoms with Gasteiger partial charge >= 0.3 is 0 Å². The van der Waals surface area contributed by atoms with E-state index >= 15 is 0 Å². The van der Waals surface area contributed by atoms with E-state index in [1.165, 1.54) is 6.92 Å². The minimum absolute atomic E-state index is 0.0414.